The maximum absolute atomic E-state index is 11.9. The van der Waals surface area contributed by atoms with Crippen LogP contribution in [0.4, 0.5) is 4.79 Å². The smallest absolute Gasteiger partial charge is 0.407 e. The van der Waals surface area contributed by atoms with Gasteiger partial charge in [-0.2, -0.15) is 0 Å². The number of carbonyl (C=O) groups excluding carboxylic acids is 1. The Morgan fingerprint density at radius 3 is 2.88 bits per heavy atom. The van der Waals surface area contributed by atoms with Crippen LogP contribution in [0, 0.1) is 0 Å². The minimum Gasteiger partial charge on any atom is -0.444 e. The summed E-state index contributed by atoms with van der Waals surface area (Å²) in [5, 5.41) is 10.2. The molecule has 25 heavy (non-hydrogen) atoms. The average molecular weight is 351 g/mol. The molecule has 1 unspecified atom stereocenters. The Morgan fingerprint density at radius 2 is 2.28 bits per heavy atom. The van der Waals surface area contributed by atoms with E-state index in [2.05, 4.69) is 25.7 Å². The van der Waals surface area contributed by atoms with Crippen molar-refractivity contribution in [2.24, 2.45) is 4.99 Å². The third-order valence-electron chi connectivity index (χ3n) is 3.81. The van der Waals surface area contributed by atoms with Gasteiger partial charge in [0, 0.05) is 26.2 Å². The molecule has 2 heterocycles. The Kier molecular flexibility index (Phi) is 6.27. The number of likely N-dealkylation sites (tertiary alicyclic amines) is 1. The predicted octanol–water partition coefficient (Wildman–Crippen LogP) is 1.91. The number of nitrogens with zero attached hydrogens (tertiary/aromatic N) is 3. The molecule has 140 valence electrons. The molecule has 1 saturated heterocycles. The number of aliphatic imine (C=N–C) groups is 1. The molecule has 0 spiro atoms. The highest BCUT2D eigenvalue weighted by Crippen LogP contribution is 2.12. The van der Waals surface area contributed by atoms with Crippen LogP contribution in [-0.2, 0) is 17.7 Å². The van der Waals surface area contributed by atoms with Gasteiger partial charge in [-0.3, -0.25) is 4.99 Å². The van der Waals surface area contributed by atoms with Gasteiger partial charge in [-0.1, -0.05) is 12.1 Å². The van der Waals surface area contributed by atoms with Crippen molar-refractivity contribution in [3.8, 4) is 0 Å². The van der Waals surface area contributed by atoms with Crippen LogP contribution in [0.2, 0.25) is 0 Å². The first-order chi connectivity index (χ1) is 11.8. The largest absolute Gasteiger partial charge is 0.444 e. The molecule has 1 aliphatic rings. The molecule has 1 amide bonds. The van der Waals surface area contributed by atoms with E-state index in [9.17, 15) is 4.79 Å². The highest BCUT2D eigenvalue weighted by molar-refractivity contribution is 5.80. The third kappa shape index (κ3) is 5.95. The molecule has 0 aliphatic carbocycles. The summed E-state index contributed by atoms with van der Waals surface area (Å²) in [6.45, 7) is 9.63. The number of guanidine groups is 1. The SMILES string of the molecule is CCc1cc(CNC(=NC)N2CCC(NC(=O)OC(C)(C)C)C2)on1. The van der Waals surface area contributed by atoms with E-state index in [1.54, 1.807) is 7.05 Å². The number of rotatable bonds is 4. The Labute approximate surface area is 149 Å². The number of amides is 1. The molecule has 1 aromatic heterocycles. The lowest BCUT2D eigenvalue weighted by molar-refractivity contribution is 0.0507. The second-order valence-corrected chi connectivity index (χ2v) is 7.12. The highest BCUT2D eigenvalue weighted by atomic mass is 16.6. The fourth-order valence-corrected chi connectivity index (χ4v) is 2.65. The van der Waals surface area contributed by atoms with E-state index in [-0.39, 0.29) is 12.1 Å². The van der Waals surface area contributed by atoms with E-state index in [4.69, 9.17) is 9.26 Å². The number of carbonyl (C=O) groups is 1. The van der Waals surface area contributed by atoms with E-state index in [0.717, 1.165) is 36.8 Å². The number of hydrogen-bond acceptors (Lipinski definition) is 5. The van der Waals surface area contributed by atoms with Gasteiger partial charge >= 0.3 is 6.09 Å². The number of nitrogens with one attached hydrogen (secondary N) is 2. The van der Waals surface area contributed by atoms with Crippen LogP contribution >= 0.6 is 0 Å². The monoisotopic (exact) mass is 351 g/mol. The fourth-order valence-electron chi connectivity index (χ4n) is 2.65. The Morgan fingerprint density at radius 1 is 1.52 bits per heavy atom. The standard InChI is InChI=1S/C17H29N5O3/c1-6-12-9-14(25-21-12)10-19-15(18-5)22-8-7-13(11-22)20-16(23)24-17(2,3)4/h9,13H,6-8,10-11H2,1-5H3,(H,18,19)(H,20,23). The third-order valence-corrected chi connectivity index (χ3v) is 3.81. The molecule has 0 bridgehead atoms. The van der Waals surface area contributed by atoms with Crippen molar-refractivity contribution < 1.29 is 14.1 Å². The van der Waals surface area contributed by atoms with Crippen LogP contribution in [0.15, 0.2) is 15.6 Å². The summed E-state index contributed by atoms with van der Waals surface area (Å²) in [7, 11) is 1.74. The minimum absolute atomic E-state index is 0.0466. The summed E-state index contributed by atoms with van der Waals surface area (Å²) in [4.78, 5) is 18.3. The van der Waals surface area contributed by atoms with Crippen molar-refractivity contribution in [2.75, 3.05) is 20.1 Å². The molecule has 2 rings (SSSR count). The summed E-state index contributed by atoms with van der Waals surface area (Å²) in [6, 6.07) is 1.99. The maximum Gasteiger partial charge on any atom is 0.407 e. The molecule has 8 heteroatoms. The molecule has 1 atom stereocenters. The zero-order chi connectivity index (χ0) is 18.4. The van der Waals surface area contributed by atoms with Crippen molar-refractivity contribution in [1.82, 2.24) is 20.7 Å². The summed E-state index contributed by atoms with van der Waals surface area (Å²) in [5.41, 5.74) is 0.448. The van der Waals surface area contributed by atoms with Crippen molar-refractivity contribution in [3.05, 3.63) is 17.5 Å². The average Bonchev–Trinajstić information content (AvgIpc) is 3.15. The molecular weight excluding hydrogens is 322 g/mol. The Bertz CT molecular complexity index is 606. The van der Waals surface area contributed by atoms with Crippen LogP contribution in [0.3, 0.4) is 0 Å². The number of hydrogen-bond donors (Lipinski definition) is 2. The lowest BCUT2D eigenvalue weighted by Crippen LogP contribution is -2.44. The van der Waals surface area contributed by atoms with Crippen LogP contribution in [0.25, 0.3) is 0 Å². The van der Waals surface area contributed by atoms with Crippen LogP contribution in [0.5, 0.6) is 0 Å². The maximum atomic E-state index is 11.9. The van der Waals surface area contributed by atoms with Crippen molar-refractivity contribution in [3.63, 3.8) is 0 Å². The normalized spacial score (nSPS) is 18.4. The topological polar surface area (TPSA) is 92.0 Å². The first-order valence-electron chi connectivity index (χ1n) is 8.70. The Balaban J connectivity index is 1.81. The van der Waals surface area contributed by atoms with Gasteiger partial charge in [0.1, 0.15) is 5.60 Å². The van der Waals surface area contributed by atoms with Crippen LogP contribution in [-0.4, -0.2) is 53.9 Å². The number of alkyl carbamates (subject to hydrolysis) is 1. The summed E-state index contributed by atoms with van der Waals surface area (Å²) >= 11 is 0. The minimum atomic E-state index is -0.492. The second-order valence-electron chi connectivity index (χ2n) is 7.12. The highest BCUT2D eigenvalue weighted by Gasteiger charge is 2.27. The molecule has 1 fully saturated rings. The fraction of sp³-hybridized carbons (Fsp3) is 0.706. The van der Waals surface area contributed by atoms with Crippen molar-refractivity contribution >= 4 is 12.1 Å². The van der Waals surface area contributed by atoms with E-state index < -0.39 is 5.60 Å². The van der Waals surface area contributed by atoms with E-state index in [0.29, 0.717) is 13.1 Å². The lowest BCUT2D eigenvalue weighted by atomic mass is 10.2. The second kappa shape index (κ2) is 8.22. The zero-order valence-corrected chi connectivity index (χ0v) is 15.8. The van der Waals surface area contributed by atoms with Gasteiger partial charge in [0.05, 0.1) is 18.3 Å². The van der Waals surface area contributed by atoms with Gasteiger partial charge in [-0.05, 0) is 33.6 Å². The summed E-state index contributed by atoms with van der Waals surface area (Å²) in [6.07, 6.45) is 1.32. The Hall–Kier alpha value is -2.25. The van der Waals surface area contributed by atoms with Crippen molar-refractivity contribution in [1.29, 1.82) is 0 Å². The van der Waals surface area contributed by atoms with Crippen molar-refractivity contribution in [2.45, 2.75) is 58.7 Å². The first-order valence-corrected chi connectivity index (χ1v) is 8.70. The molecule has 1 aromatic rings. The van der Waals surface area contributed by atoms with E-state index >= 15 is 0 Å². The molecular formula is C17H29N5O3. The summed E-state index contributed by atoms with van der Waals surface area (Å²) in [5.74, 6) is 1.56. The van der Waals surface area contributed by atoms with Gasteiger partial charge in [0.25, 0.3) is 0 Å². The molecule has 1 aliphatic heterocycles. The molecule has 0 aromatic carbocycles. The van der Waals surface area contributed by atoms with E-state index in [1.807, 2.05) is 33.8 Å². The molecule has 8 nitrogen and oxygen atoms in total. The van der Waals surface area contributed by atoms with Gasteiger partial charge in [0.15, 0.2) is 11.7 Å². The van der Waals surface area contributed by atoms with Gasteiger partial charge in [-0.15, -0.1) is 0 Å². The van der Waals surface area contributed by atoms with Gasteiger partial charge in [-0.25, -0.2) is 4.79 Å². The van der Waals surface area contributed by atoms with Crippen LogP contribution < -0.4 is 10.6 Å². The van der Waals surface area contributed by atoms with Gasteiger partial charge in [0.2, 0.25) is 0 Å². The quantitative estimate of drug-likeness (QED) is 0.636. The number of aromatic nitrogens is 1. The first kappa shape index (κ1) is 19.1. The molecule has 2 N–H and O–H groups in total. The predicted molar refractivity (Wildman–Crippen MR) is 95.4 cm³/mol. The number of aryl methyl sites for hydroxylation is 1. The lowest BCUT2D eigenvalue weighted by Gasteiger charge is -2.23. The number of ether oxygens (including phenoxy) is 1. The van der Waals surface area contributed by atoms with Gasteiger partial charge < -0.3 is 24.8 Å². The van der Waals surface area contributed by atoms with Crippen LogP contribution in [0.1, 0.15) is 45.6 Å². The molecule has 0 radical (unpaired) electrons. The molecule has 0 saturated carbocycles. The van der Waals surface area contributed by atoms with E-state index in [1.165, 1.54) is 0 Å². The summed E-state index contributed by atoms with van der Waals surface area (Å²) < 4.78 is 10.6. The zero-order valence-electron chi connectivity index (χ0n) is 15.8.